The summed E-state index contributed by atoms with van der Waals surface area (Å²) in [7, 11) is 1.68. The highest BCUT2D eigenvalue weighted by molar-refractivity contribution is 5.60. The summed E-state index contributed by atoms with van der Waals surface area (Å²) >= 11 is 0. The van der Waals surface area contributed by atoms with E-state index in [0.29, 0.717) is 5.92 Å². The fraction of sp³-hybridized carbons (Fsp3) is 0.375. The van der Waals surface area contributed by atoms with E-state index in [1.165, 1.54) is 12.8 Å². The Morgan fingerprint density at radius 1 is 1.30 bits per heavy atom. The molecule has 0 unspecified atom stereocenters. The molecule has 0 aliphatic carbocycles. The predicted octanol–water partition coefficient (Wildman–Crippen LogP) is 2.62. The monoisotopic (exact) mass is 269 g/mol. The van der Waals surface area contributed by atoms with Gasteiger partial charge in [0.25, 0.3) is 0 Å². The van der Waals surface area contributed by atoms with E-state index in [-0.39, 0.29) is 0 Å². The van der Waals surface area contributed by atoms with E-state index in [9.17, 15) is 0 Å². The molecule has 0 amide bonds. The Balaban J connectivity index is 1.89. The highest BCUT2D eigenvalue weighted by Gasteiger charge is 2.17. The summed E-state index contributed by atoms with van der Waals surface area (Å²) in [5.41, 5.74) is 3.03. The molecule has 1 aromatic heterocycles. The number of piperidine rings is 1. The van der Waals surface area contributed by atoms with Crippen molar-refractivity contribution >= 4 is 0 Å². The third-order valence-electron chi connectivity index (χ3n) is 3.73. The minimum absolute atomic E-state index is 0.474. The van der Waals surface area contributed by atoms with Gasteiger partial charge < -0.3 is 10.1 Å². The quantitative estimate of drug-likeness (QED) is 0.930. The van der Waals surface area contributed by atoms with Crippen LogP contribution in [0.5, 0.6) is 5.75 Å². The number of methoxy groups -OCH3 is 1. The van der Waals surface area contributed by atoms with Gasteiger partial charge in [-0.3, -0.25) is 4.98 Å². The Bertz CT molecular complexity index is 579. The zero-order chi connectivity index (χ0) is 13.8. The second-order valence-electron chi connectivity index (χ2n) is 5.10. The maximum atomic E-state index is 5.26. The number of nitrogens with one attached hydrogen (secondary N) is 1. The smallest absolute Gasteiger partial charge is 0.119 e. The molecule has 1 aromatic carbocycles. The van der Waals surface area contributed by atoms with Gasteiger partial charge in [-0.2, -0.15) is 0 Å². The maximum Gasteiger partial charge on any atom is 0.119 e. The lowest BCUT2D eigenvalue weighted by Crippen LogP contribution is -2.28. The number of aromatic nitrogens is 2. The maximum absolute atomic E-state index is 5.26. The lowest BCUT2D eigenvalue weighted by molar-refractivity contribution is 0.415. The molecule has 1 fully saturated rings. The molecule has 4 heteroatoms. The lowest BCUT2D eigenvalue weighted by atomic mass is 9.96. The predicted molar refractivity (Wildman–Crippen MR) is 78.9 cm³/mol. The SMILES string of the molecule is COc1cccc(-c2cncc([C@@H]3CCCNC3)n2)c1. The van der Waals surface area contributed by atoms with E-state index in [0.717, 1.165) is 35.8 Å². The first kappa shape index (κ1) is 13.1. The van der Waals surface area contributed by atoms with Crippen LogP contribution in [0.25, 0.3) is 11.3 Å². The summed E-state index contributed by atoms with van der Waals surface area (Å²) in [5, 5.41) is 3.42. The molecule has 1 N–H and O–H groups in total. The van der Waals surface area contributed by atoms with Crippen LogP contribution < -0.4 is 10.1 Å². The Morgan fingerprint density at radius 3 is 3.05 bits per heavy atom. The summed E-state index contributed by atoms with van der Waals surface area (Å²) < 4.78 is 5.26. The van der Waals surface area contributed by atoms with Gasteiger partial charge in [-0.1, -0.05) is 12.1 Å². The van der Waals surface area contributed by atoms with Crippen LogP contribution in [0.2, 0.25) is 0 Å². The Morgan fingerprint density at radius 2 is 2.25 bits per heavy atom. The molecule has 104 valence electrons. The molecule has 1 saturated heterocycles. The number of hydrogen-bond acceptors (Lipinski definition) is 4. The van der Waals surface area contributed by atoms with Crippen LogP contribution >= 0.6 is 0 Å². The zero-order valence-corrected chi connectivity index (χ0v) is 11.7. The molecule has 2 heterocycles. The second-order valence-corrected chi connectivity index (χ2v) is 5.10. The summed E-state index contributed by atoms with van der Waals surface area (Å²) in [6, 6.07) is 7.94. The van der Waals surface area contributed by atoms with Crippen molar-refractivity contribution < 1.29 is 4.74 Å². The van der Waals surface area contributed by atoms with Crippen LogP contribution in [0.15, 0.2) is 36.7 Å². The van der Waals surface area contributed by atoms with Gasteiger partial charge in [0.05, 0.1) is 24.7 Å². The Labute approximate surface area is 119 Å². The largest absolute Gasteiger partial charge is 0.497 e. The number of hydrogen-bond donors (Lipinski definition) is 1. The summed E-state index contributed by atoms with van der Waals surface area (Å²) in [5.74, 6) is 1.32. The van der Waals surface area contributed by atoms with E-state index in [2.05, 4.69) is 10.3 Å². The van der Waals surface area contributed by atoms with E-state index in [1.54, 1.807) is 7.11 Å². The average Bonchev–Trinajstić information content (AvgIpc) is 2.56. The molecule has 0 saturated carbocycles. The van der Waals surface area contributed by atoms with Gasteiger partial charge in [-0.15, -0.1) is 0 Å². The number of benzene rings is 1. The topological polar surface area (TPSA) is 47.0 Å². The number of ether oxygens (including phenoxy) is 1. The molecule has 0 bridgehead atoms. The van der Waals surface area contributed by atoms with Gasteiger partial charge in [-0.05, 0) is 31.5 Å². The molecule has 2 aromatic rings. The van der Waals surface area contributed by atoms with Crippen molar-refractivity contribution in [1.29, 1.82) is 0 Å². The third kappa shape index (κ3) is 2.80. The summed E-state index contributed by atoms with van der Waals surface area (Å²) in [6.07, 6.45) is 6.09. The van der Waals surface area contributed by atoms with Gasteiger partial charge in [0, 0.05) is 24.2 Å². The van der Waals surface area contributed by atoms with Crippen molar-refractivity contribution in [3.8, 4) is 17.0 Å². The first-order valence-corrected chi connectivity index (χ1v) is 7.04. The fourth-order valence-corrected chi connectivity index (χ4v) is 2.60. The van der Waals surface area contributed by atoms with Gasteiger partial charge in [0.2, 0.25) is 0 Å². The Kier molecular flexibility index (Phi) is 3.92. The number of rotatable bonds is 3. The van der Waals surface area contributed by atoms with Crippen molar-refractivity contribution in [1.82, 2.24) is 15.3 Å². The van der Waals surface area contributed by atoms with Crippen LogP contribution in [0.3, 0.4) is 0 Å². The van der Waals surface area contributed by atoms with Crippen molar-refractivity contribution in [2.24, 2.45) is 0 Å². The first-order valence-electron chi connectivity index (χ1n) is 7.04. The average molecular weight is 269 g/mol. The molecule has 1 aliphatic heterocycles. The summed E-state index contributed by atoms with van der Waals surface area (Å²) in [4.78, 5) is 9.14. The van der Waals surface area contributed by atoms with Crippen LogP contribution in [-0.2, 0) is 0 Å². The minimum Gasteiger partial charge on any atom is -0.497 e. The normalized spacial score (nSPS) is 18.8. The van der Waals surface area contributed by atoms with E-state index in [1.807, 2.05) is 36.7 Å². The first-order chi connectivity index (χ1) is 9.86. The third-order valence-corrected chi connectivity index (χ3v) is 3.73. The molecule has 1 atom stereocenters. The van der Waals surface area contributed by atoms with E-state index in [4.69, 9.17) is 9.72 Å². The van der Waals surface area contributed by atoms with Gasteiger partial charge in [0.15, 0.2) is 0 Å². The molecule has 3 rings (SSSR count). The molecule has 4 nitrogen and oxygen atoms in total. The van der Waals surface area contributed by atoms with Crippen molar-refractivity contribution in [2.45, 2.75) is 18.8 Å². The van der Waals surface area contributed by atoms with Gasteiger partial charge in [-0.25, -0.2) is 4.98 Å². The lowest BCUT2D eigenvalue weighted by Gasteiger charge is -2.22. The van der Waals surface area contributed by atoms with E-state index < -0.39 is 0 Å². The Hall–Kier alpha value is -1.94. The number of nitrogens with zero attached hydrogens (tertiary/aromatic N) is 2. The van der Waals surface area contributed by atoms with Gasteiger partial charge >= 0.3 is 0 Å². The molecule has 0 spiro atoms. The minimum atomic E-state index is 0.474. The molecule has 0 radical (unpaired) electrons. The van der Waals surface area contributed by atoms with Gasteiger partial charge in [0.1, 0.15) is 5.75 Å². The van der Waals surface area contributed by atoms with Crippen LogP contribution in [-0.4, -0.2) is 30.2 Å². The zero-order valence-electron chi connectivity index (χ0n) is 11.7. The van der Waals surface area contributed by atoms with Crippen molar-refractivity contribution in [2.75, 3.05) is 20.2 Å². The standard InChI is InChI=1S/C16H19N3O/c1-20-14-6-2-4-12(8-14)15-10-18-11-16(19-15)13-5-3-7-17-9-13/h2,4,6,8,10-11,13,17H,3,5,7,9H2,1H3/t13-/m1/s1. The fourth-order valence-electron chi connectivity index (χ4n) is 2.60. The molecule has 20 heavy (non-hydrogen) atoms. The van der Waals surface area contributed by atoms with Crippen molar-refractivity contribution in [3.05, 3.63) is 42.4 Å². The van der Waals surface area contributed by atoms with Crippen LogP contribution in [0.4, 0.5) is 0 Å². The molecule has 1 aliphatic rings. The van der Waals surface area contributed by atoms with E-state index >= 15 is 0 Å². The molecular formula is C16H19N3O. The van der Waals surface area contributed by atoms with Crippen LogP contribution in [0.1, 0.15) is 24.5 Å². The summed E-state index contributed by atoms with van der Waals surface area (Å²) in [6.45, 7) is 2.11. The highest BCUT2D eigenvalue weighted by Crippen LogP contribution is 2.25. The molecular weight excluding hydrogens is 250 g/mol. The van der Waals surface area contributed by atoms with Crippen molar-refractivity contribution in [3.63, 3.8) is 0 Å². The van der Waals surface area contributed by atoms with Crippen LogP contribution in [0, 0.1) is 0 Å². The second kappa shape index (κ2) is 6.01. The highest BCUT2D eigenvalue weighted by atomic mass is 16.5.